The second kappa shape index (κ2) is 9.93. The molecule has 21 heavy (non-hydrogen) atoms. The average molecular weight is 292 g/mol. The van der Waals surface area contributed by atoms with Crippen molar-refractivity contribution in [1.29, 1.82) is 0 Å². The maximum Gasteiger partial charge on any atom is 0.0558 e. The number of aliphatic hydroxyl groups is 1. The van der Waals surface area contributed by atoms with Gasteiger partial charge in [0.25, 0.3) is 0 Å². The van der Waals surface area contributed by atoms with E-state index in [-0.39, 0.29) is 6.61 Å². The number of benzene rings is 1. The zero-order valence-electron chi connectivity index (χ0n) is 14.2. The number of hydrogen-bond acceptors (Lipinski definition) is 3. The van der Waals surface area contributed by atoms with Crippen LogP contribution in [-0.4, -0.2) is 42.8 Å². The molecule has 0 aliphatic heterocycles. The van der Waals surface area contributed by atoms with Crippen molar-refractivity contribution in [2.75, 3.05) is 32.8 Å². The van der Waals surface area contributed by atoms with Crippen LogP contribution in [0.4, 0.5) is 0 Å². The molecule has 0 saturated carbocycles. The van der Waals surface area contributed by atoms with Crippen molar-refractivity contribution in [3.63, 3.8) is 0 Å². The molecule has 2 N–H and O–H groups in total. The summed E-state index contributed by atoms with van der Waals surface area (Å²) < 4.78 is 0. The van der Waals surface area contributed by atoms with E-state index in [9.17, 15) is 0 Å². The molecule has 1 unspecified atom stereocenters. The number of aryl methyl sites for hydroxylation is 2. The van der Waals surface area contributed by atoms with Gasteiger partial charge in [0, 0.05) is 19.1 Å². The van der Waals surface area contributed by atoms with Gasteiger partial charge in [0.15, 0.2) is 0 Å². The molecule has 0 bridgehead atoms. The molecule has 120 valence electrons. The molecule has 1 aromatic carbocycles. The number of hydrogen-bond donors (Lipinski definition) is 2. The van der Waals surface area contributed by atoms with E-state index in [4.69, 9.17) is 5.11 Å². The highest BCUT2D eigenvalue weighted by molar-refractivity contribution is 5.30. The summed E-state index contributed by atoms with van der Waals surface area (Å²) in [6.45, 7) is 12.8. The van der Waals surface area contributed by atoms with Gasteiger partial charge in [-0.1, -0.05) is 43.2 Å². The minimum Gasteiger partial charge on any atom is -0.395 e. The van der Waals surface area contributed by atoms with E-state index in [2.05, 4.69) is 56.1 Å². The molecule has 0 fully saturated rings. The molecule has 3 nitrogen and oxygen atoms in total. The summed E-state index contributed by atoms with van der Waals surface area (Å²) in [4.78, 5) is 2.31. The lowest BCUT2D eigenvalue weighted by Crippen LogP contribution is -2.31. The standard InChI is InChI=1S/C18H32N2O/c1-5-8-19-18(7-9-20(6-2)10-11-21)17-13-15(3)12-16(4)14-17/h12-14,18-19,21H,5-11H2,1-4H3. The molecule has 0 saturated heterocycles. The Labute approximate surface area is 130 Å². The van der Waals surface area contributed by atoms with Gasteiger partial charge >= 0.3 is 0 Å². The molecule has 0 amide bonds. The van der Waals surface area contributed by atoms with Gasteiger partial charge in [-0.3, -0.25) is 0 Å². The number of nitrogens with zero attached hydrogens (tertiary/aromatic N) is 1. The largest absolute Gasteiger partial charge is 0.395 e. The molecule has 0 aliphatic carbocycles. The van der Waals surface area contributed by atoms with E-state index in [1.807, 2.05) is 0 Å². The zero-order chi connectivity index (χ0) is 15.7. The van der Waals surface area contributed by atoms with Gasteiger partial charge in [-0.25, -0.2) is 0 Å². The third kappa shape index (κ3) is 6.60. The minimum absolute atomic E-state index is 0.241. The molecule has 0 spiro atoms. The molecular weight excluding hydrogens is 260 g/mol. The fraction of sp³-hybridized carbons (Fsp3) is 0.667. The predicted molar refractivity (Wildman–Crippen MR) is 90.8 cm³/mol. The zero-order valence-corrected chi connectivity index (χ0v) is 14.2. The summed E-state index contributed by atoms with van der Waals surface area (Å²) in [5.74, 6) is 0. The van der Waals surface area contributed by atoms with Gasteiger partial charge in [0.1, 0.15) is 0 Å². The first kappa shape index (κ1) is 18.1. The first-order valence-corrected chi connectivity index (χ1v) is 8.25. The normalized spacial score (nSPS) is 12.9. The maximum absolute atomic E-state index is 9.11. The van der Waals surface area contributed by atoms with E-state index >= 15 is 0 Å². The van der Waals surface area contributed by atoms with Gasteiger partial charge in [-0.05, 0) is 45.3 Å². The lowest BCUT2D eigenvalue weighted by molar-refractivity contribution is 0.195. The van der Waals surface area contributed by atoms with Crippen molar-refractivity contribution in [1.82, 2.24) is 10.2 Å². The maximum atomic E-state index is 9.11. The highest BCUT2D eigenvalue weighted by Gasteiger charge is 2.13. The number of nitrogens with one attached hydrogen (secondary N) is 1. The number of aliphatic hydroxyl groups excluding tert-OH is 1. The van der Waals surface area contributed by atoms with Crippen LogP contribution in [0.1, 0.15) is 49.4 Å². The SMILES string of the molecule is CCCNC(CCN(CC)CCO)c1cc(C)cc(C)c1. The van der Waals surface area contributed by atoms with Crippen LogP contribution < -0.4 is 5.32 Å². The van der Waals surface area contributed by atoms with Crippen LogP contribution >= 0.6 is 0 Å². The predicted octanol–water partition coefficient (Wildman–Crippen LogP) is 3.05. The lowest BCUT2D eigenvalue weighted by atomic mass is 9.98. The molecule has 0 radical (unpaired) electrons. The monoisotopic (exact) mass is 292 g/mol. The van der Waals surface area contributed by atoms with E-state index in [1.165, 1.54) is 16.7 Å². The molecule has 0 heterocycles. The van der Waals surface area contributed by atoms with Crippen LogP contribution in [0.3, 0.4) is 0 Å². The molecule has 1 rings (SSSR count). The molecular formula is C18H32N2O. The molecule has 0 aliphatic rings. The third-order valence-corrected chi connectivity index (χ3v) is 3.88. The second-order valence-corrected chi connectivity index (χ2v) is 5.87. The first-order chi connectivity index (χ1) is 10.1. The topological polar surface area (TPSA) is 35.5 Å². The smallest absolute Gasteiger partial charge is 0.0558 e. The second-order valence-electron chi connectivity index (χ2n) is 5.87. The van der Waals surface area contributed by atoms with Crippen LogP contribution in [-0.2, 0) is 0 Å². The fourth-order valence-corrected chi connectivity index (χ4v) is 2.80. The van der Waals surface area contributed by atoms with Crippen LogP contribution in [0.2, 0.25) is 0 Å². The lowest BCUT2D eigenvalue weighted by Gasteiger charge is -2.25. The minimum atomic E-state index is 0.241. The first-order valence-electron chi connectivity index (χ1n) is 8.25. The quantitative estimate of drug-likeness (QED) is 0.696. The Morgan fingerprint density at radius 3 is 2.29 bits per heavy atom. The van der Waals surface area contributed by atoms with Crippen LogP contribution in [0.15, 0.2) is 18.2 Å². The van der Waals surface area contributed by atoms with Crippen molar-refractivity contribution in [2.45, 2.75) is 46.6 Å². The van der Waals surface area contributed by atoms with Crippen LogP contribution in [0, 0.1) is 13.8 Å². The van der Waals surface area contributed by atoms with E-state index in [1.54, 1.807) is 0 Å². The van der Waals surface area contributed by atoms with Gasteiger partial charge in [-0.2, -0.15) is 0 Å². The summed E-state index contributed by atoms with van der Waals surface area (Å²) in [7, 11) is 0. The molecule has 1 aromatic rings. The summed E-state index contributed by atoms with van der Waals surface area (Å²) in [6, 6.07) is 7.21. The average Bonchev–Trinajstić information content (AvgIpc) is 2.45. The molecule has 3 heteroatoms. The Kier molecular flexibility index (Phi) is 8.58. The van der Waals surface area contributed by atoms with Gasteiger partial charge in [0.05, 0.1) is 6.61 Å². The highest BCUT2D eigenvalue weighted by atomic mass is 16.3. The summed E-state index contributed by atoms with van der Waals surface area (Å²) in [5.41, 5.74) is 4.05. The van der Waals surface area contributed by atoms with Gasteiger partial charge in [0.2, 0.25) is 0 Å². The summed E-state index contributed by atoms with van der Waals surface area (Å²) in [5, 5.41) is 12.8. The Morgan fingerprint density at radius 2 is 1.76 bits per heavy atom. The Balaban J connectivity index is 2.74. The Morgan fingerprint density at radius 1 is 1.10 bits per heavy atom. The number of likely N-dealkylation sites (N-methyl/N-ethyl adjacent to an activating group) is 1. The number of rotatable bonds is 10. The Hall–Kier alpha value is -0.900. The Bertz CT molecular complexity index is 386. The van der Waals surface area contributed by atoms with Crippen molar-refractivity contribution in [3.05, 3.63) is 34.9 Å². The van der Waals surface area contributed by atoms with Crippen molar-refractivity contribution in [2.24, 2.45) is 0 Å². The third-order valence-electron chi connectivity index (χ3n) is 3.88. The van der Waals surface area contributed by atoms with Gasteiger partial charge < -0.3 is 15.3 Å². The highest BCUT2D eigenvalue weighted by Crippen LogP contribution is 2.20. The van der Waals surface area contributed by atoms with E-state index in [0.29, 0.717) is 6.04 Å². The van der Waals surface area contributed by atoms with Crippen molar-refractivity contribution < 1.29 is 5.11 Å². The van der Waals surface area contributed by atoms with Crippen molar-refractivity contribution in [3.8, 4) is 0 Å². The fourth-order valence-electron chi connectivity index (χ4n) is 2.80. The van der Waals surface area contributed by atoms with Gasteiger partial charge in [-0.15, -0.1) is 0 Å². The van der Waals surface area contributed by atoms with E-state index in [0.717, 1.165) is 39.0 Å². The van der Waals surface area contributed by atoms with Crippen LogP contribution in [0.25, 0.3) is 0 Å². The summed E-state index contributed by atoms with van der Waals surface area (Å²) in [6.07, 6.45) is 2.23. The van der Waals surface area contributed by atoms with E-state index < -0.39 is 0 Å². The summed E-state index contributed by atoms with van der Waals surface area (Å²) >= 11 is 0. The van der Waals surface area contributed by atoms with Crippen LogP contribution in [0.5, 0.6) is 0 Å². The van der Waals surface area contributed by atoms with Crippen molar-refractivity contribution >= 4 is 0 Å². The molecule has 1 atom stereocenters. The molecule has 0 aromatic heterocycles.